The Morgan fingerprint density at radius 1 is 1.00 bits per heavy atom. The van der Waals surface area contributed by atoms with Crippen molar-refractivity contribution in [3.05, 3.63) is 0 Å². The van der Waals surface area contributed by atoms with Crippen molar-refractivity contribution in [1.82, 2.24) is 0 Å². The summed E-state index contributed by atoms with van der Waals surface area (Å²) in [5.74, 6) is 0. The summed E-state index contributed by atoms with van der Waals surface area (Å²) in [6.45, 7) is 0. The number of thiol groups is 1. The fraction of sp³-hybridized carbons (Fsp3) is 1.00. The summed E-state index contributed by atoms with van der Waals surface area (Å²) >= 11 is 4.36. The topological polar surface area (TPSA) is 0 Å². The summed E-state index contributed by atoms with van der Waals surface area (Å²) in [4.78, 5) is 0. The summed E-state index contributed by atoms with van der Waals surface area (Å²) in [6.07, 6.45) is 6.96. The van der Waals surface area contributed by atoms with Crippen LogP contribution in [0.1, 0.15) is 32.1 Å². The van der Waals surface area contributed by atoms with Gasteiger partial charge in [-0.2, -0.15) is 26.1 Å². The summed E-state index contributed by atoms with van der Waals surface area (Å²) in [6, 6.07) is 0. The molecule has 0 N–H and O–H groups in total. The van der Waals surface area contributed by atoms with Crippen LogP contribution >= 0.6 is 26.1 Å². The van der Waals surface area contributed by atoms with E-state index in [0.717, 1.165) is 5.25 Å². The first-order chi connectivity index (χ1) is 3.39. The highest BCUT2D eigenvalue weighted by Gasteiger charge is 2.06. The van der Waals surface area contributed by atoms with Gasteiger partial charge in [0, 0.05) is 5.25 Å². The molecule has 1 saturated carbocycles. The molecule has 1 aliphatic rings. The summed E-state index contributed by atoms with van der Waals surface area (Å²) in [5, 5.41) is 0.730. The lowest BCUT2D eigenvalue weighted by Crippen LogP contribution is -2.03. The SMILES string of the molecule is S.SC1CCCCC1. The zero-order valence-corrected chi connectivity index (χ0v) is 6.95. The van der Waals surface area contributed by atoms with Crippen LogP contribution in [-0.2, 0) is 0 Å². The second kappa shape index (κ2) is 4.57. The van der Waals surface area contributed by atoms with Crippen molar-refractivity contribution in [2.45, 2.75) is 37.4 Å². The Morgan fingerprint density at radius 2 is 1.50 bits per heavy atom. The van der Waals surface area contributed by atoms with Crippen LogP contribution in [0.3, 0.4) is 0 Å². The summed E-state index contributed by atoms with van der Waals surface area (Å²) in [7, 11) is 0. The minimum absolute atomic E-state index is 0. The average Bonchev–Trinajstić information content (AvgIpc) is 1.69. The van der Waals surface area contributed by atoms with E-state index in [0.29, 0.717) is 0 Å². The molecule has 0 aromatic carbocycles. The van der Waals surface area contributed by atoms with Crippen LogP contribution < -0.4 is 0 Å². The lowest BCUT2D eigenvalue weighted by molar-refractivity contribution is 0.518. The fourth-order valence-corrected chi connectivity index (χ4v) is 1.45. The Kier molecular flexibility index (Phi) is 4.97. The molecule has 0 aromatic heterocycles. The van der Waals surface area contributed by atoms with Crippen molar-refractivity contribution in [2.24, 2.45) is 0 Å². The number of rotatable bonds is 0. The van der Waals surface area contributed by atoms with Gasteiger partial charge >= 0.3 is 0 Å². The average molecular weight is 150 g/mol. The summed E-state index contributed by atoms with van der Waals surface area (Å²) in [5.41, 5.74) is 0. The molecule has 0 aromatic rings. The molecule has 0 spiro atoms. The first-order valence-corrected chi connectivity index (χ1v) is 3.59. The summed E-state index contributed by atoms with van der Waals surface area (Å²) < 4.78 is 0. The molecule has 50 valence electrons. The molecule has 0 atom stereocenters. The zero-order valence-electron chi connectivity index (χ0n) is 5.06. The van der Waals surface area contributed by atoms with E-state index in [2.05, 4.69) is 12.6 Å². The van der Waals surface area contributed by atoms with Gasteiger partial charge in [0.1, 0.15) is 0 Å². The molecule has 1 fully saturated rings. The van der Waals surface area contributed by atoms with Crippen molar-refractivity contribution in [3.8, 4) is 0 Å². The molecule has 0 unspecified atom stereocenters. The van der Waals surface area contributed by atoms with Crippen molar-refractivity contribution in [1.29, 1.82) is 0 Å². The fourth-order valence-electron chi connectivity index (χ4n) is 1.08. The Morgan fingerprint density at radius 3 is 1.75 bits per heavy atom. The van der Waals surface area contributed by atoms with Gasteiger partial charge in [0.25, 0.3) is 0 Å². The number of hydrogen-bond donors (Lipinski definition) is 1. The minimum Gasteiger partial charge on any atom is -0.197 e. The first kappa shape index (κ1) is 8.70. The Balaban J connectivity index is 0.000000490. The molecule has 1 rings (SSSR count). The van der Waals surface area contributed by atoms with Gasteiger partial charge in [-0.3, -0.25) is 0 Å². The van der Waals surface area contributed by atoms with Gasteiger partial charge in [-0.1, -0.05) is 19.3 Å². The van der Waals surface area contributed by atoms with E-state index < -0.39 is 0 Å². The third kappa shape index (κ3) is 2.88. The molecule has 0 heterocycles. The molecule has 0 amide bonds. The number of hydrogen-bond acceptors (Lipinski definition) is 1. The zero-order chi connectivity index (χ0) is 5.11. The van der Waals surface area contributed by atoms with Crippen LogP contribution in [0.25, 0.3) is 0 Å². The molecule has 2 heteroatoms. The van der Waals surface area contributed by atoms with E-state index in [9.17, 15) is 0 Å². The highest BCUT2D eigenvalue weighted by atomic mass is 32.1. The highest BCUT2D eigenvalue weighted by Crippen LogP contribution is 2.20. The Labute approximate surface area is 63.9 Å². The van der Waals surface area contributed by atoms with Gasteiger partial charge in [-0.25, -0.2) is 0 Å². The van der Waals surface area contributed by atoms with Crippen molar-refractivity contribution in [3.63, 3.8) is 0 Å². The van der Waals surface area contributed by atoms with E-state index in [1.165, 1.54) is 32.1 Å². The van der Waals surface area contributed by atoms with Gasteiger partial charge in [0.05, 0.1) is 0 Å². The second-order valence-electron chi connectivity index (χ2n) is 2.29. The van der Waals surface area contributed by atoms with Gasteiger partial charge in [0.15, 0.2) is 0 Å². The monoisotopic (exact) mass is 150 g/mol. The van der Waals surface area contributed by atoms with E-state index in [1.54, 1.807) is 0 Å². The lowest BCUT2D eigenvalue weighted by atomic mass is 10.0. The van der Waals surface area contributed by atoms with Gasteiger partial charge in [-0.15, -0.1) is 0 Å². The van der Waals surface area contributed by atoms with Gasteiger partial charge < -0.3 is 0 Å². The van der Waals surface area contributed by atoms with E-state index in [1.807, 2.05) is 0 Å². The van der Waals surface area contributed by atoms with E-state index in [4.69, 9.17) is 0 Å². The molecule has 1 aliphatic carbocycles. The molecule has 8 heavy (non-hydrogen) atoms. The molecular formula is C6H14S2. The van der Waals surface area contributed by atoms with Crippen LogP contribution in [0.4, 0.5) is 0 Å². The smallest absolute Gasteiger partial charge is 0.00168 e. The predicted octanol–water partition coefficient (Wildman–Crippen LogP) is 2.36. The molecule has 0 radical (unpaired) electrons. The Bertz CT molecular complexity index is 48.5. The third-order valence-electron chi connectivity index (χ3n) is 1.57. The third-order valence-corrected chi connectivity index (χ3v) is 2.09. The molecule has 0 saturated heterocycles. The largest absolute Gasteiger partial charge is 0.197 e. The maximum Gasteiger partial charge on any atom is 0.00168 e. The van der Waals surface area contributed by atoms with E-state index >= 15 is 0 Å². The second-order valence-corrected chi connectivity index (χ2v) is 3.02. The van der Waals surface area contributed by atoms with Crippen LogP contribution in [0.15, 0.2) is 0 Å². The van der Waals surface area contributed by atoms with E-state index in [-0.39, 0.29) is 13.5 Å². The van der Waals surface area contributed by atoms with Crippen molar-refractivity contribution >= 4 is 26.1 Å². The maximum atomic E-state index is 4.36. The maximum absolute atomic E-state index is 4.36. The van der Waals surface area contributed by atoms with Crippen molar-refractivity contribution < 1.29 is 0 Å². The molecular weight excluding hydrogens is 136 g/mol. The highest BCUT2D eigenvalue weighted by molar-refractivity contribution is 7.80. The van der Waals surface area contributed by atoms with Crippen LogP contribution in [0.2, 0.25) is 0 Å². The first-order valence-electron chi connectivity index (χ1n) is 3.07. The molecule has 0 nitrogen and oxygen atoms in total. The van der Waals surface area contributed by atoms with Crippen LogP contribution in [0, 0.1) is 0 Å². The van der Waals surface area contributed by atoms with Crippen molar-refractivity contribution in [2.75, 3.05) is 0 Å². The standard InChI is InChI=1S/C6H12S.H2S/c7-6-4-2-1-3-5-6;/h6-7H,1-5H2;1H2. The molecule has 0 aliphatic heterocycles. The van der Waals surface area contributed by atoms with Gasteiger partial charge in [0.2, 0.25) is 0 Å². The van der Waals surface area contributed by atoms with Gasteiger partial charge in [-0.05, 0) is 12.8 Å². The minimum atomic E-state index is 0. The Hall–Kier alpha value is 0.700. The predicted molar refractivity (Wildman–Crippen MR) is 46.2 cm³/mol. The quantitative estimate of drug-likeness (QED) is 0.504. The lowest BCUT2D eigenvalue weighted by Gasteiger charge is -2.14. The molecule has 0 bridgehead atoms. The van der Waals surface area contributed by atoms with Crippen LogP contribution in [-0.4, -0.2) is 5.25 Å². The normalized spacial score (nSPS) is 22.1. The van der Waals surface area contributed by atoms with Crippen LogP contribution in [0.5, 0.6) is 0 Å².